The predicted molar refractivity (Wildman–Crippen MR) is 67.6 cm³/mol. The van der Waals surface area contributed by atoms with E-state index in [0.717, 1.165) is 25.2 Å². The Morgan fingerprint density at radius 3 is 2.58 bits per heavy atom. The van der Waals surface area contributed by atoms with Crippen molar-refractivity contribution in [3.63, 3.8) is 0 Å². The van der Waals surface area contributed by atoms with Crippen LogP contribution in [0.25, 0.3) is 0 Å². The Kier molecular flexibility index (Phi) is 4.45. The second-order valence-corrected chi connectivity index (χ2v) is 5.34. The van der Waals surface area contributed by atoms with Crippen LogP contribution in [0.3, 0.4) is 0 Å². The van der Waals surface area contributed by atoms with E-state index in [0.29, 0.717) is 12.8 Å². The largest absolute Gasteiger partial charge is 0.389 e. The van der Waals surface area contributed by atoms with Gasteiger partial charge in [0.1, 0.15) is 0 Å². The molecular weight excluding hydrogens is 253 g/mol. The lowest BCUT2D eigenvalue weighted by molar-refractivity contribution is -0.147. The number of alkyl halides is 3. The summed E-state index contributed by atoms with van der Waals surface area (Å²) in [5.74, 6) is -0.203. The third-order valence-corrected chi connectivity index (χ3v) is 3.77. The molecule has 2 nitrogen and oxygen atoms in total. The van der Waals surface area contributed by atoms with Gasteiger partial charge in [-0.2, -0.15) is 13.2 Å². The third kappa shape index (κ3) is 4.49. The molecule has 19 heavy (non-hydrogen) atoms. The quantitative estimate of drug-likeness (QED) is 0.836. The van der Waals surface area contributed by atoms with Gasteiger partial charge in [-0.1, -0.05) is 0 Å². The first-order valence-corrected chi connectivity index (χ1v) is 6.62. The first-order chi connectivity index (χ1) is 8.94. The van der Waals surface area contributed by atoms with Crippen molar-refractivity contribution in [2.24, 2.45) is 5.92 Å². The normalized spacial score (nSPS) is 18.7. The summed E-state index contributed by atoms with van der Waals surface area (Å²) in [6.07, 6.45) is 0.225. The summed E-state index contributed by atoms with van der Waals surface area (Å²) in [6.45, 7) is 4.32. The maximum absolute atomic E-state index is 12.3. The Balaban J connectivity index is 1.82. The van der Waals surface area contributed by atoms with Gasteiger partial charge in [-0.15, -0.1) is 0 Å². The Morgan fingerprint density at radius 1 is 1.32 bits per heavy atom. The SMILES string of the molecule is Cc1ccncc1CN1CCC(CC(F)(F)F)CC1. The molecule has 1 aromatic rings. The fraction of sp³-hybridized carbons (Fsp3) is 0.643. The molecule has 1 aromatic heterocycles. The number of piperidine rings is 1. The number of aromatic nitrogens is 1. The Bertz CT molecular complexity index is 409. The summed E-state index contributed by atoms with van der Waals surface area (Å²) < 4.78 is 36.9. The van der Waals surface area contributed by atoms with Crippen molar-refractivity contribution in [3.05, 3.63) is 29.6 Å². The molecule has 0 amide bonds. The van der Waals surface area contributed by atoms with Crippen molar-refractivity contribution >= 4 is 0 Å². The number of pyridine rings is 1. The second-order valence-electron chi connectivity index (χ2n) is 5.34. The van der Waals surface area contributed by atoms with Crippen molar-refractivity contribution in [3.8, 4) is 0 Å². The number of aryl methyl sites for hydroxylation is 1. The van der Waals surface area contributed by atoms with Gasteiger partial charge < -0.3 is 0 Å². The average Bonchev–Trinajstić information content (AvgIpc) is 2.33. The van der Waals surface area contributed by atoms with Crippen molar-refractivity contribution in [1.82, 2.24) is 9.88 Å². The summed E-state index contributed by atoms with van der Waals surface area (Å²) in [5.41, 5.74) is 2.35. The highest BCUT2D eigenvalue weighted by molar-refractivity contribution is 5.21. The van der Waals surface area contributed by atoms with E-state index in [1.54, 1.807) is 6.20 Å². The lowest BCUT2D eigenvalue weighted by Gasteiger charge is -2.32. The van der Waals surface area contributed by atoms with Crippen LogP contribution in [0.4, 0.5) is 13.2 Å². The molecule has 0 atom stereocenters. The monoisotopic (exact) mass is 272 g/mol. The van der Waals surface area contributed by atoms with E-state index in [1.807, 2.05) is 19.2 Å². The highest BCUT2D eigenvalue weighted by Gasteiger charge is 2.33. The summed E-state index contributed by atoms with van der Waals surface area (Å²) >= 11 is 0. The molecule has 0 unspecified atom stereocenters. The van der Waals surface area contributed by atoms with Crippen LogP contribution in [0.2, 0.25) is 0 Å². The number of rotatable bonds is 3. The number of hydrogen-bond acceptors (Lipinski definition) is 2. The number of likely N-dealkylation sites (tertiary alicyclic amines) is 1. The Labute approximate surface area is 111 Å². The summed E-state index contributed by atoms with van der Waals surface area (Å²) in [5, 5.41) is 0. The zero-order valence-electron chi connectivity index (χ0n) is 11.1. The molecule has 1 fully saturated rings. The van der Waals surface area contributed by atoms with Gasteiger partial charge in [-0.25, -0.2) is 0 Å². The third-order valence-electron chi connectivity index (χ3n) is 3.77. The molecule has 106 valence electrons. The van der Waals surface area contributed by atoms with Gasteiger partial charge >= 0.3 is 6.18 Å². The van der Waals surface area contributed by atoms with E-state index in [2.05, 4.69) is 9.88 Å². The van der Waals surface area contributed by atoms with E-state index in [4.69, 9.17) is 0 Å². The molecule has 0 aromatic carbocycles. The van der Waals surface area contributed by atoms with Gasteiger partial charge in [0.15, 0.2) is 0 Å². The van der Waals surface area contributed by atoms with Crippen molar-refractivity contribution in [2.75, 3.05) is 13.1 Å². The number of halogens is 3. The lowest BCUT2D eigenvalue weighted by atomic mass is 9.93. The fourth-order valence-corrected chi connectivity index (χ4v) is 2.58. The highest BCUT2D eigenvalue weighted by atomic mass is 19.4. The van der Waals surface area contributed by atoms with Crippen molar-refractivity contribution in [2.45, 2.75) is 38.9 Å². The van der Waals surface area contributed by atoms with Gasteiger partial charge in [0.2, 0.25) is 0 Å². The van der Waals surface area contributed by atoms with Crippen LogP contribution in [0, 0.1) is 12.8 Å². The van der Waals surface area contributed by atoms with Gasteiger partial charge in [-0.3, -0.25) is 9.88 Å². The Morgan fingerprint density at radius 2 is 2.00 bits per heavy atom. The molecule has 1 aliphatic heterocycles. The summed E-state index contributed by atoms with van der Waals surface area (Å²) in [7, 11) is 0. The van der Waals surface area contributed by atoms with Gasteiger partial charge in [0.25, 0.3) is 0 Å². The standard InChI is InChI=1S/C14H19F3N2/c1-11-2-5-18-9-13(11)10-19-6-3-12(4-7-19)8-14(15,16)17/h2,5,9,12H,3-4,6-8,10H2,1H3. The molecule has 0 bridgehead atoms. The smallest absolute Gasteiger partial charge is 0.299 e. The van der Waals surface area contributed by atoms with Gasteiger partial charge in [0.05, 0.1) is 0 Å². The zero-order valence-corrected chi connectivity index (χ0v) is 11.1. The van der Waals surface area contributed by atoms with Crippen molar-refractivity contribution < 1.29 is 13.2 Å². The molecule has 1 aliphatic rings. The number of nitrogens with zero attached hydrogens (tertiary/aromatic N) is 2. The van der Waals surface area contributed by atoms with E-state index < -0.39 is 12.6 Å². The van der Waals surface area contributed by atoms with Crippen molar-refractivity contribution in [1.29, 1.82) is 0 Å². The van der Waals surface area contributed by atoms with Crippen LogP contribution in [0.5, 0.6) is 0 Å². The molecule has 2 heterocycles. The lowest BCUT2D eigenvalue weighted by Crippen LogP contribution is -2.34. The highest BCUT2D eigenvalue weighted by Crippen LogP contribution is 2.31. The molecule has 2 rings (SSSR count). The topological polar surface area (TPSA) is 16.1 Å². The molecule has 0 N–H and O–H groups in total. The van der Waals surface area contributed by atoms with Crippen LogP contribution in [-0.4, -0.2) is 29.1 Å². The minimum atomic E-state index is -4.02. The number of hydrogen-bond donors (Lipinski definition) is 0. The van der Waals surface area contributed by atoms with Gasteiger partial charge in [-0.05, 0) is 56.0 Å². The van der Waals surface area contributed by atoms with E-state index >= 15 is 0 Å². The maximum atomic E-state index is 12.3. The zero-order chi connectivity index (χ0) is 13.9. The molecule has 0 radical (unpaired) electrons. The molecule has 0 spiro atoms. The summed E-state index contributed by atoms with van der Waals surface area (Å²) in [4.78, 5) is 6.32. The van der Waals surface area contributed by atoms with E-state index in [9.17, 15) is 13.2 Å². The maximum Gasteiger partial charge on any atom is 0.389 e. The fourth-order valence-electron chi connectivity index (χ4n) is 2.58. The molecule has 1 saturated heterocycles. The van der Waals surface area contributed by atoms with Gasteiger partial charge in [0, 0.05) is 25.4 Å². The van der Waals surface area contributed by atoms with Crippen LogP contribution >= 0.6 is 0 Å². The van der Waals surface area contributed by atoms with Crippen LogP contribution in [0.1, 0.15) is 30.4 Å². The molecule has 0 saturated carbocycles. The first-order valence-electron chi connectivity index (χ1n) is 6.62. The minimum absolute atomic E-state index is 0.203. The van der Waals surface area contributed by atoms with Crippen LogP contribution in [-0.2, 0) is 6.54 Å². The summed E-state index contributed by atoms with van der Waals surface area (Å²) in [6, 6.07) is 1.96. The minimum Gasteiger partial charge on any atom is -0.299 e. The van der Waals surface area contributed by atoms with E-state index in [1.165, 1.54) is 5.56 Å². The van der Waals surface area contributed by atoms with Crippen LogP contribution in [0.15, 0.2) is 18.5 Å². The Hall–Kier alpha value is -1.10. The first kappa shape index (κ1) is 14.3. The van der Waals surface area contributed by atoms with E-state index in [-0.39, 0.29) is 5.92 Å². The second kappa shape index (κ2) is 5.90. The molecular formula is C14H19F3N2. The predicted octanol–water partition coefficient (Wildman–Crippen LogP) is 3.55. The van der Waals surface area contributed by atoms with Crippen LogP contribution < -0.4 is 0 Å². The average molecular weight is 272 g/mol. The molecule has 0 aliphatic carbocycles. The molecule has 5 heteroatoms.